The largest absolute Gasteiger partial charge is 0.352 e. The van der Waals surface area contributed by atoms with E-state index in [9.17, 15) is 18.0 Å². The smallest absolute Gasteiger partial charge is 0.264 e. The molecule has 0 saturated carbocycles. The van der Waals surface area contributed by atoms with Gasteiger partial charge in [-0.3, -0.25) is 13.9 Å². The number of aryl methyl sites for hydroxylation is 1. The van der Waals surface area contributed by atoms with Crippen LogP contribution in [-0.2, 0) is 26.2 Å². The van der Waals surface area contributed by atoms with E-state index in [-0.39, 0.29) is 23.4 Å². The number of hydrogen-bond donors (Lipinski definition) is 1. The van der Waals surface area contributed by atoms with Gasteiger partial charge in [0.1, 0.15) is 12.6 Å². The maximum Gasteiger partial charge on any atom is 0.264 e. The normalized spacial score (nSPS) is 12.9. The highest BCUT2D eigenvalue weighted by Gasteiger charge is 2.32. The van der Waals surface area contributed by atoms with Crippen LogP contribution in [0.3, 0.4) is 0 Å². The minimum atomic E-state index is -4.10. The number of amides is 2. The molecule has 0 unspecified atom stereocenters. The second-order valence-corrected chi connectivity index (χ2v) is 11.6. The highest BCUT2D eigenvalue weighted by atomic mass is 35.5. The number of nitrogens with zero attached hydrogens (tertiary/aromatic N) is 2. The van der Waals surface area contributed by atoms with E-state index in [1.54, 1.807) is 49.4 Å². The molecular formula is C29H34ClN3O4S. The zero-order valence-corrected chi connectivity index (χ0v) is 23.7. The van der Waals surface area contributed by atoms with Crippen molar-refractivity contribution < 1.29 is 18.0 Å². The monoisotopic (exact) mass is 555 g/mol. The van der Waals surface area contributed by atoms with Gasteiger partial charge in [0.25, 0.3) is 10.0 Å². The molecule has 202 valence electrons. The average Bonchev–Trinajstić information content (AvgIpc) is 2.91. The SMILES string of the molecule is CC[C@H](C)NC(=O)[C@@H](C)N(Cc1ccc(C)cc1)C(=O)CN(c1ccc(Cl)cc1)S(=O)(=O)c1ccccc1. The second-order valence-electron chi connectivity index (χ2n) is 9.30. The van der Waals surface area contributed by atoms with E-state index in [1.807, 2.05) is 45.0 Å². The van der Waals surface area contributed by atoms with Crippen molar-refractivity contribution >= 4 is 39.1 Å². The molecular weight excluding hydrogens is 522 g/mol. The molecule has 38 heavy (non-hydrogen) atoms. The van der Waals surface area contributed by atoms with Gasteiger partial charge in [-0.05, 0) is 69.2 Å². The fourth-order valence-corrected chi connectivity index (χ4v) is 5.36. The van der Waals surface area contributed by atoms with Gasteiger partial charge in [0, 0.05) is 17.6 Å². The van der Waals surface area contributed by atoms with E-state index in [0.717, 1.165) is 21.9 Å². The van der Waals surface area contributed by atoms with Crippen LogP contribution in [0.2, 0.25) is 5.02 Å². The molecule has 3 aromatic rings. The van der Waals surface area contributed by atoms with Crippen LogP contribution in [0, 0.1) is 6.92 Å². The molecule has 3 rings (SSSR count). The third kappa shape index (κ3) is 7.36. The molecule has 1 N–H and O–H groups in total. The lowest BCUT2D eigenvalue weighted by molar-refractivity contribution is -0.139. The summed E-state index contributed by atoms with van der Waals surface area (Å²) < 4.78 is 28.5. The first-order chi connectivity index (χ1) is 18.0. The van der Waals surface area contributed by atoms with Crippen molar-refractivity contribution in [3.8, 4) is 0 Å². The zero-order chi connectivity index (χ0) is 27.9. The minimum Gasteiger partial charge on any atom is -0.352 e. The molecule has 3 aromatic carbocycles. The van der Waals surface area contributed by atoms with Crippen LogP contribution in [0.4, 0.5) is 5.69 Å². The van der Waals surface area contributed by atoms with Crippen LogP contribution in [0.25, 0.3) is 0 Å². The van der Waals surface area contributed by atoms with E-state index in [1.165, 1.54) is 17.0 Å². The Kier molecular flexibility index (Phi) is 9.94. The Hall–Kier alpha value is -3.36. The first kappa shape index (κ1) is 29.2. The molecule has 7 nitrogen and oxygen atoms in total. The summed E-state index contributed by atoms with van der Waals surface area (Å²) in [6.45, 7) is 7.13. The summed E-state index contributed by atoms with van der Waals surface area (Å²) in [4.78, 5) is 28.4. The van der Waals surface area contributed by atoms with Crippen molar-refractivity contribution in [2.75, 3.05) is 10.8 Å². The Morgan fingerprint density at radius 3 is 2.11 bits per heavy atom. The summed E-state index contributed by atoms with van der Waals surface area (Å²) in [7, 11) is -4.10. The number of nitrogens with one attached hydrogen (secondary N) is 1. The van der Waals surface area contributed by atoms with Gasteiger partial charge < -0.3 is 10.2 Å². The zero-order valence-electron chi connectivity index (χ0n) is 22.1. The molecule has 0 radical (unpaired) electrons. The highest BCUT2D eigenvalue weighted by Crippen LogP contribution is 2.26. The van der Waals surface area contributed by atoms with Crippen LogP contribution in [0.1, 0.15) is 38.3 Å². The lowest BCUT2D eigenvalue weighted by Crippen LogP contribution is -2.52. The first-order valence-electron chi connectivity index (χ1n) is 12.5. The second kappa shape index (κ2) is 12.9. The third-order valence-electron chi connectivity index (χ3n) is 6.37. The Morgan fingerprint density at radius 2 is 1.53 bits per heavy atom. The number of hydrogen-bond acceptors (Lipinski definition) is 4. The molecule has 2 atom stereocenters. The maximum absolute atomic E-state index is 13.9. The molecule has 0 aliphatic heterocycles. The predicted octanol–water partition coefficient (Wildman–Crippen LogP) is 5.18. The molecule has 0 aliphatic rings. The van der Waals surface area contributed by atoms with Crippen molar-refractivity contribution in [3.63, 3.8) is 0 Å². The van der Waals surface area contributed by atoms with E-state index in [2.05, 4.69) is 5.32 Å². The average molecular weight is 556 g/mol. The van der Waals surface area contributed by atoms with Crippen LogP contribution in [0.15, 0.2) is 83.8 Å². The number of rotatable bonds is 11. The molecule has 0 fully saturated rings. The van der Waals surface area contributed by atoms with Crippen molar-refractivity contribution in [2.24, 2.45) is 0 Å². The maximum atomic E-state index is 13.9. The molecule has 2 amide bonds. The highest BCUT2D eigenvalue weighted by molar-refractivity contribution is 7.92. The van der Waals surface area contributed by atoms with Crippen LogP contribution < -0.4 is 9.62 Å². The van der Waals surface area contributed by atoms with Gasteiger partial charge in [0.05, 0.1) is 10.6 Å². The van der Waals surface area contributed by atoms with Gasteiger partial charge in [0.2, 0.25) is 11.8 Å². The van der Waals surface area contributed by atoms with E-state index in [4.69, 9.17) is 11.6 Å². The molecule has 0 aliphatic carbocycles. The van der Waals surface area contributed by atoms with Crippen molar-refractivity contribution in [2.45, 2.75) is 57.6 Å². The Morgan fingerprint density at radius 1 is 0.921 bits per heavy atom. The first-order valence-corrected chi connectivity index (χ1v) is 14.3. The van der Waals surface area contributed by atoms with Gasteiger partial charge in [-0.1, -0.05) is 66.6 Å². The predicted molar refractivity (Wildman–Crippen MR) is 152 cm³/mol. The van der Waals surface area contributed by atoms with Crippen LogP contribution >= 0.6 is 11.6 Å². The number of benzene rings is 3. The molecule has 9 heteroatoms. The van der Waals surface area contributed by atoms with Gasteiger partial charge in [-0.15, -0.1) is 0 Å². The van der Waals surface area contributed by atoms with Crippen molar-refractivity contribution in [1.82, 2.24) is 10.2 Å². The van der Waals surface area contributed by atoms with Crippen LogP contribution in [0.5, 0.6) is 0 Å². The Labute approximate surface area is 230 Å². The third-order valence-corrected chi connectivity index (χ3v) is 8.41. The molecule has 0 bridgehead atoms. The standard InChI is InChI=1S/C29H34ClN3O4S/c1-5-22(3)31-29(35)23(4)32(19-24-13-11-21(2)12-14-24)28(34)20-33(26-17-15-25(30)16-18-26)38(36,37)27-9-7-6-8-10-27/h6-18,22-23H,5,19-20H2,1-4H3,(H,31,35)/t22-,23+/m0/s1. The summed E-state index contributed by atoms with van der Waals surface area (Å²) in [6.07, 6.45) is 0.740. The molecule has 0 saturated heterocycles. The topological polar surface area (TPSA) is 86.8 Å². The summed E-state index contributed by atoms with van der Waals surface area (Å²) in [5.41, 5.74) is 2.19. The number of anilines is 1. The summed E-state index contributed by atoms with van der Waals surface area (Å²) in [5, 5.41) is 3.37. The Bertz CT molecular complexity index is 1330. The van der Waals surface area contributed by atoms with Gasteiger partial charge >= 0.3 is 0 Å². The lowest BCUT2D eigenvalue weighted by Gasteiger charge is -2.32. The summed E-state index contributed by atoms with van der Waals surface area (Å²) in [6, 6.07) is 20.9. The van der Waals surface area contributed by atoms with Crippen molar-refractivity contribution in [1.29, 1.82) is 0 Å². The number of carbonyl (C=O) groups is 2. The Balaban J connectivity index is 2.00. The number of sulfonamides is 1. The summed E-state index contributed by atoms with van der Waals surface area (Å²) in [5.74, 6) is -0.810. The van der Waals surface area contributed by atoms with Crippen LogP contribution in [-0.4, -0.2) is 43.8 Å². The number of carbonyl (C=O) groups excluding carboxylic acids is 2. The van der Waals surface area contributed by atoms with Crippen molar-refractivity contribution in [3.05, 3.63) is 95.0 Å². The number of halogens is 1. The molecule has 0 heterocycles. The summed E-state index contributed by atoms with van der Waals surface area (Å²) >= 11 is 6.05. The van der Waals surface area contributed by atoms with E-state index >= 15 is 0 Å². The fraction of sp³-hybridized carbons (Fsp3) is 0.310. The quantitative estimate of drug-likeness (QED) is 0.353. The van der Waals surface area contributed by atoms with E-state index < -0.39 is 28.5 Å². The fourth-order valence-electron chi connectivity index (χ4n) is 3.79. The minimum absolute atomic E-state index is 0.0513. The lowest BCUT2D eigenvalue weighted by atomic mass is 10.1. The molecule has 0 aromatic heterocycles. The van der Waals surface area contributed by atoms with E-state index in [0.29, 0.717) is 10.7 Å². The molecule has 0 spiro atoms. The van der Waals surface area contributed by atoms with Gasteiger partial charge in [0.15, 0.2) is 0 Å². The van der Waals surface area contributed by atoms with Gasteiger partial charge in [-0.25, -0.2) is 8.42 Å². The van der Waals surface area contributed by atoms with Gasteiger partial charge in [-0.2, -0.15) is 0 Å².